The molecule has 1 unspecified atom stereocenters. The number of aryl methyl sites for hydroxylation is 1. The maximum Gasteiger partial charge on any atom is 0.0681 e. The molecule has 1 aliphatic heterocycles. The number of aliphatic hydroxyl groups excluding tert-OH is 1. The quantitative estimate of drug-likeness (QED) is 0.883. The fourth-order valence-corrected chi connectivity index (χ4v) is 3.20. The topological polar surface area (TPSA) is 44.7 Å². The Hall–Kier alpha value is -2.04. The van der Waals surface area contributed by atoms with Gasteiger partial charge in [0.05, 0.1) is 19.8 Å². The third-order valence-corrected chi connectivity index (χ3v) is 4.57. The van der Waals surface area contributed by atoms with Gasteiger partial charge in [-0.3, -0.25) is 0 Å². The Balaban J connectivity index is 1.71. The van der Waals surface area contributed by atoms with Crippen molar-refractivity contribution < 1.29 is 9.84 Å². The largest absolute Gasteiger partial charge is 0.392 e. The van der Waals surface area contributed by atoms with Gasteiger partial charge >= 0.3 is 0 Å². The molecular formula is C20H26N2O2. The second-order valence-electron chi connectivity index (χ2n) is 6.37. The molecule has 1 atom stereocenters. The van der Waals surface area contributed by atoms with E-state index in [1.807, 2.05) is 18.2 Å². The maximum absolute atomic E-state index is 9.29. The van der Waals surface area contributed by atoms with Crippen molar-refractivity contribution >= 4 is 11.4 Å². The Bertz CT molecular complexity index is 681. The predicted octanol–water partition coefficient (Wildman–Crippen LogP) is 3.50. The summed E-state index contributed by atoms with van der Waals surface area (Å²) < 4.78 is 5.43. The molecule has 3 rings (SSSR count). The average Bonchev–Trinajstić information content (AvgIpc) is 2.62. The molecule has 4 nitrogen and oxygen atoms in total. The number of anilines is 2. The molecule has 0 saturated carbocycles. The van der Waals surface area contributed by atoms with Crippen molar-refractivity contribution in [2.75, 3.05) is 36.5 Å². The monoisotopic (exact) mass is 326 g/mol. The Morgan fingerprint density at radius 2 is 1.96 bits per heavy atom. The maximum atomic E-state index is 9.29. The Kier molecular flexibility index (Phi) is 5.38. The van der Waals surface area contributed by atoms with Crippen molar-refractivity contribution in [3.63, 3.8) is 0 Å². The predicted molar refractivity (Wildman–Crippen MR) is 98.6 cm³/mol. The molecule has 1 fully saturated rings. The van der Waals surface area contributed by atoms with Gasteiger partial charge in [0, 0.05) is 30.5 Å². The highest BCUT2D eigenvalue weighted by Gasteiger charge is 2.14. The van der Waals surface area contributed by atoms with Crippen LogP contribution >= 0.6 is 0 Å². The fraction of sp³-hybridized carbons (Fsp3) is 0.400. The first-order valence-electron chi connectivity index (χ1n) is 8.57. The lowest BCUT2D eigenvalue weighted by molar-refractivity contribution is 0.122. The van der Waals surface area contributed by atoms with Gasteiger partial charge in [-0.15, -0.1) is 0 Å². The van der Waals surface area contributed by atoms with Crippen molar-refractivity contribution in [2.24, 2.45) is 0 Å². The number of nitrogens with one attached hydrogen (secondary N) is 1. The summed E-state index contributed by atoms with van der Waals surface area (Å²) in [5.41, 5.74) is 5.81. The van der Waals surface area contributed by atoms with Crippen LogP contribution in [0.5, 0.6) is 0 Å². The lowest BCUT2D eigenvalue weighted by atomic mass is 10.0. The molecule has 1 aliphatic rings. The molecule has 2 N–H and O–H groups in total. The van der Waals surface area contributed by atoms with E-state index in [9.17, 15) is 5.11 Å². The zero-order valence-electron chi connectivity index (χ0n) is 14.5. The summed E-state index contributed by atoms with van der Waals surface area (Å²) >= 11 is 0. The molecule has 0 aromatic heterocycles. The number of hydrogen-bond donors (Lipinski definition) is 2. The minimum Gasteiger partial charge on any atom is -0.392 e. The van der Waals surface area contributed by atoms with E-state index in [2.05, 4.69) is 48.3 Å². The Morgan fingerprint density at radius 1 is 1.17 bits per heavy atom. The summed E-state index contributed by atoms with van der Waals surface area (Å²) in [7, 11) is 0. The van der Waals surface area contributed by atoms with Crippen molar-refractivity contribution in [3.05, 3.63) is 59.2 Å². The normalized spacial score (nSPS) is 16.0. The van der Waals surface area contributed by atoms with Gasteiger partial charge in [-0.1, -0.05) is 24.3 Å². The minimum atomic E-state index is 0.0773. The summed E-state index contributed by atoms with van der Waals surface area (Å²) in [6, 6.07) is 14.8. The van der Waals surface area contributed by atoms with Gasteiger partial charge in [-0.25, -0.2) is 0 Å². The van der Waals surface area contributed by atoms with Gasteiger partial charge in [0.25, 0.3) is 0 Å². The molecule has 0 radical (unpaired) electrons. The van der Waals surface area contributed by atoms with Crippen molar-refractivity contribution in [1.82, 2.24) is 0 Å². The van der Waals surface area contributed by atoms with E-state index < -0.39 is 0 Å². The van der Waals surface area contributed by atoms with Crippen LogP contribution in [0.1, 0.15) is 29.7 Å². The third-order valence-electron chi connectivity index (χ3n) is 4.57. The first-order chi connectivity index (χ1) is 11.7. The molecule has 4 heteroatoms. The average molecular weight is 326 g/mol. The van der Waals surface area contributed by atoms with Crippen LogP contribution in [0.4, 0.5) is 11.4 Å². The van der Waals surface area contributed by atoms with E-state index in [0.29, 0.717) is 0 Å². The first-order valence-corrected chi connectivity index (χ1v) is 8.57. The molecular weight excluding hydrogens is 300 g/mol. The van der Waals surface area contributed by atoms with Gasteiger partial charge in [-0.2, -0.15) is 0 Å². The van der Waals surface area contributed by atoms with E-state index >= 15 is 0 Å². The van der Waals surface area contributed by atoms with Gasteiger partial charge < -0.3 is 20.1 Å². The molecule has 1 saturated heterocycles. The number of benzene rings is 2. The van der Waals surface area contributed by atoms with Crippen LogP contribution in [0.15, 0.2) is 42.5 Å². The van der Waals surface area contributed by atoms with Crippen molar-refractivity contribution in [3.8, 4) is 0 Å². The van der Waals surface area contributed by atoms with Gasteiger partial charge in [0.2, 0.25) is 0 Å². The number of ether oxygens (including phenoxy) is 1. The SMILES string of the molecule is Cc1cc(NC(C)c2cccc(CO)c2)ccc1N1CCOCC1. The molecule has 0 aliphatic carbocycles. The molecule has 2 aromatic rings. The molecule has 0 amide bonds. The highest BCUT2D eigenvalue weighted by atomic mass is 16.5. The van der Waals surface area contributed by atoms with Gasteiger partial charge in [-0.05, 0) is 48.7 Å². The van der Waals surface area contributed by atoms with E-state index in [1.54, 1.807) is 0 Å². The van der Waals surface area contributed by atoms with Crippen molar-refractivity contribution in [2.45, 2.75) is 26.5 Å². The van der Waals surface area contributed by atoms with Crippen LogP contribution < -0.4 is 10.2 Å². The third kappa shape index (κ3) is 3.89. The highest BCUT2D eigenvalue weighted by molar-refractivity contribution is 5.61. The Morgan fingerprint density at radius 3 is 2.67 bits per heavy atom. The second kappa shape index (κ2) is 7.69. The van der Waals surface area contributed by atoms with E-state index in [-0.39, 0.29) is 12.6 Å². The van der Waals surface area contributed by atoms with Crippen LogP contribution in [0, 0.1) is 6.92 Å². The van der Waals surface area contributed by atoms with E-state index in [0.717, 1.165) is 37.6 Å². The fourth-order valence-electron chi connectivity index (χ4n) is 3.20. The first kappa shape index (κ1) is 16.8. The zero-order chi connectivity index (χ0) is 16.9. The van der Waals surface area contributed by atoms with Crippen LogP contribution in [0.25, 0.3) is 0 Å². The van der Waals surface area contributed by atoms with Crippen LogP contribution in [-0.2, 0) is 11.3 Å². The lowest BCUT2D eigenvalue weighted by Gasteiger charge is -2.30. The van der Waals surface area contributed by atoms with Gasteiger partial charge in [0.1, 0.15) is 0 Å². The lowest BCUT2D eigenvalue weighted by Crippen LogP contribution is -2.36. The smallest absolute Gasteiger partial charge is 0.0681 e. The second-order valence-corrected chi connectivity index (χ2v) is 6.37. The number of nitrogens with zero attached hydrogens (tertiary/aromatic N) is 1. The van der Waals surface area contributed by atoms with Crippen LogP contribution in [-0.4, -0.2) is 31.4 Å². The van der Waals surface area contributed by atoms with Crippen LogP contribution in [0.3, 0.4) is 0 Å². The molecule has 0 bridgehead atoms. The van der Waals surface area contributed by atoms with Crippen molar-refractivity contribution in [1.29, 1.82) is 0 Å². The van der Waals surface area contributed by atoms with Gasteiger partial charge in [0.15, 0.2) is 0 Å². The Labute approximate surface area is 144 Å². The summed E-state index contributed by atoms with van der Waals surface area (Å²) in [4.78, 5) is 2.39. The number of aliphatic hydroxyl groups is 1. The molecule has 0 spiro atoms. The minimum absolute atomic E-state index is 0.0773. The summed E-state index contributed by atoms with van der Waals surface area (Å²) in [6.45, 7) is 7.90. The molecule has 2 aromatic carbocycles. The van der Waals surface area contributed by atoms with E-state index in [1.165, 1.54) is 16.8 Å². The number of hydrogen-bond acceptors (Lipinski definition) is 4. The summed E-state index contributed by atoms with van der Waals surface area (Å²) in [5.74, 6) is 0. The molecule has 24 heavy (non-hydrogen) atoms. The summed E-state index contributed by atoms with van der Waals surface area (Å²) in [5, 5.41) is 12.8. The standard InChI is InChI=1S/C20H26N2O2/c1-15-12-19(6-7-20(15)22-8-10-24-11-9-22)21-16(2)18-5-3-4-17(13-18)14-23/h3-7,12-13,16,21,23H,8-11,14H2,1-2H3. The van der Waals surface area contributed by atoms with E-state index in [4.69, 9.17) is 4.74 Å². The highest BCUT2D eigenvalue weighted by Crippen LogP contribution is 2.27. The van der Waals surface area contributed by atoms with Crippen LogP contribution in [0.2, 0.25) is 0 Å². The molecule has 128 valence electrons. The summed E-state index contributed by atoms with van der Waals surface area (Å²) in [6.07, 6.45) is 0. The zero-order valence-corrected chi connectivity index (χ0v) is 14.5. The number of rotatable bonds is 5. The molecule has 1 heterocycles. The number of morpholine rings is 1.